The van der Waals surface area contributed by atoms with E-state index in [2.05, 4.69) is 20.0 Å². The van der Waals surface area contributed by atoms with Crippen LogP contribution in [0.25, 0.3) is 21.9 Å². The molecule has 0 aliphatic carbocycles. The monoisotopic (exact) mass is 528 g/mol. The SMILES string of the molecule is CC(NP(=O)(OCC1CC(O)[C@H](n2cnc3c(N)ncnc32)O1)Oc1cccc2ccccc12)C(=O)O. The van der Waals surface area contributed by atoms with E-state index in [-0.39, 0.29) is 24.6 Å². The quantitative estimate of drug-likeness (QED) is 0.233. The molecule has 1 aliphatic rings. The lowest BCUT2D eigenvalue weighted by Gasteiger charge is -2.24. The van der Waals surface area contributed by atoms with E-state index in [0.717, 1.165) is 5.39 Å². The highest BCUT2D eigenvalue weighted by Crippen LogP contribution is 2.47. The van der Waals surface area contributed by atoms with Gasteiger partial charge in [0.2, 0.25) is 0 Å². The molecule has 37 heavy (non-hydrogen) atoms. The van der Waals surface area contributed by atoms with Crippen molar-refractivity contribution in [2.45, 2.75) is 37.8 Å². The number of aliphatic hydroxyl groups excluding tert-OH is 1. The van der Waals surface area contributed by atoms with Crippen LogP contribution in [-0.4, -0.2) is 60.6 Å². The van der Waals surface area contributed by atoms with Gasteiger partial charge in [0.05, 0.1) is 19.0 Å². The van der Waals surface area contributed by atoms with Crippen molar-refractivity contribution in [3.05, 3.63) is 55.1 Å². The number of benzene rings is 2. The standard InChI is InChI=1S/C23H25N6O7P/c1-13(23(31)32)28-37(33,36-18-8-4-6-14-5-2-3-7-16(14)18)34-10-15-9-17(30)22(35-15)29-12-27-19-20(24)25-11-26-21(19)29/h2-8,11-13,15,17,22,30H,9-10H2,1H3,(H,28,33)(H,31,32)(H2,24,25,26)/t13?,15?,17?,22-,37?/m1/s1. The minimum Gasteiger partial charge on any atom is -0.480 e. The van der Waals surface area contributed by atoms with Gasteiger partial charge in [-0.25, -0.2) is 19.5 Å². The maximum atomic E-state index is 13.7. The first-order valence-corrected chi connectivity index (χ1v) is 13.0. The highest BCUT2D eigenvalue weighted by molar-refractivity contribution is 7.52. The Morgan fingerprint density at radius 3 is 2.86 bits per heavy atom. The third-order valence-corrected chi connectivity index (χ3v) is 7.58. The number of hydrogen-bond donors (Lipinski definition) is 4. The van der Waals surface area contributed by atoms with E-state index >= 15 is 0 Å². The summed E-state index contributed by atoms with van der Waals surface area (Å²) < 4.78 is 32.7. The Balaban J connectivity index is 1.34. The van der Waals surface area contributed by atoms with Crippen LogP contribution in [0.5, 0.6) is 5.75 Å². The van der Waals surface area contributed by atoms with Crippen molar-refractivity contribution in [1.82, 2.24) is 24.6 Å². The van der Waals surface area contributed by atoms with Gasteiger partial charge >= 0.3 is 13.7 Å². The minimum absolute atomic E-state index is 0.146. The van der Waals surface area contributed by atoms with Crippen molar-refractivity contribution >= 4 is 41.5 Å². The van der Waals surface area contributed by atoms with Gasteiger partial charge < -0.3 is 25.2 Å². The Morgan fingerprint density at radius 2 is 2.05 bits per heavy atom. The molecule has 1 saturated heterocycles. The Labute approximate surface area is 210 Å². The van der Waals surface area contributed by atoms with E-state index in [1.807, 2.05) is 18.2 Å². The van der Waals surface area contributed by atoms with Crippen molar-refractivity contribution < 1.29 is 33.4 Å². The summed E-state index contributed by atoms with van der Waals surface area (Å²) in [5.41, 5.74) is 6.60. The molecule has 4 unspecified atom stereocenters. The summed E-state index contributed by atoms with van der Waals surface area (Å²) in [5, 5.41) is 24.0. The van der Waals surface area contributed by atoms with Gasteiger partial charge in [-0.2, -0.15) is 5.09 Å². The maximum absolute atomic E-state index is 13.7. The van der Waals surface area contributed by atoms with E-state index in [1.54, 1.807) is 24.3 Å². The molecule has 0 radical (unpaired) electrons. The molecule has 0 spiro atoms. The second-order valence-corrected chi connectivity index (χ2v) is 10.3. The number of nitrogens with one attached hydrogen (secondary N) is 1. The molecule has 4 aromatic rings. The van der Waals surface area contributed by atoms with Crippen LogP contribution in [0.3, 0.4) is 0 Å². The predicted molar refractivity (Wildman–Crippen MR) is 133 cm³/mol. The molecular formula is C23H25N6O7P. The van der Waals surface area contributed by atoms with E-state index < -0.39 is 38.2 Å². The van der Waals surface area contributed by atoms with Gasteiger partial charge in [-0.1, -0.05) is 36.4 Å². The van der Waals surface area contributed by atoms with Crippen LogP contribution in [0.15, 0.2) is 55.1 Å². The summed E-state index contributed by atoms with van der Waals surface area (Å²) in [5.74, 6) is -0.772. The fourth-order valence-corrected chi connectivity index (χ4v) is 5.66. The summed E-state index contributed by atoms with van der Waals surface area (Å²) >= 11 is 0. The number of nitrogens with two attached hydrogens (primary N) is 1. The molecule has 5 N–H and O–H groups in total. The van der Waals surface area contributed by atoms with Crippen LogP contribution in [0.2, 0.25) is 0 Å². The summed E-state index contributed by atoms with van der Waals surface area (Å²) in [7, 11) is -4.20. The summed E-state index contributed by atoms with van der Waals surface area (Å²) in [6.45, 7) is 1.08. The topological polar surface area (TPSA) is 184 Å². The average Bonchev–Trinajstić information content (AvgIpc) is 3.47. The number of aromatic nitrogens is 4. The Hall–Kier alpha value is -3.61. The lowest BCUT2D eigenvalue weighted by molar-refractivity contribution is -0.138. The molecule has 14 heteroatoms. The van der Waals surface area contributed by atoms with Gasteiger partial charge in [0, 0.05) is 11.8 Å². The lowest BCUT2D eigenvalue weighted by Crippen LogP contribution is -2.34. The summed E-state index contributed by atoms with van der Waals surface area (Å²) in [4.78, 5) is 23.7. The first-order valence-electron chi connectivity index (χ1n) is 11.4. The normalized spacial score (nSPS) is 22.2. The van der Waals surface area contributed by atoms with Crippen LogP contribution in [0, 0.1) is 0 Å². The molecule has 5 rings (SSSR count). The zero-order valence-electron chi connectivity index (χ0n) is 19.7. The van der Waals surface area contributed by atoms with E-state index in [0.29, 0.717) is 16.6 Å². The van der Waals surface area contributed by atoms with Crippen LogP contribution in [0.1, 0.15) is 19.6 Å². The molecule has 194 valence electrons. The maximum Gasteiger partial charge on any atom is 0.459 e. The number of carbonyl (C=O) groups is 1. The molecule has 2 aromatic heterocycles. The Morgan fingerprint density at radius 1 is 1.27 bits per heavy atom. The second-order valence-electron chi connectivity index (χ2n) is 8.59. The van der Waals surface area contributed by atoms with Crippen molar-refractivity contribution in [3.8, 4) is 5.75 Å². The van der Waals surface area contributed by atoms with Crippen molar-refractivity contribution in [1.29, 1.82) is 0 Å². The van der Waals surface area contributed by atoms with Gasteiger partial charge in [0.1, 0.15) is 29.7 Å². The molecule has 1 aliphatic heterocycles. The highest BCUT2D eigenvalue weighted by atomic mass is 31.2. The van der Waals surface area contributed by atoms with E-state index in [4.69, 9.17) is 19.5 Å². The van der Waals surface area contributed by atoms with Crippen LogP contribution in [0.4, 0.5) is 5.82 Å². The number of aliphatic hydroxyl groups is 1. The molecule has 0 saturated carbocycles. The Bertz CT molecular complexity index is 1490. The highest BCUT2D eigenvalue weighted by Gasteiger charge is 2.39. The lowest BCUT2D eigenvalue weighted by atomic mass is 10.1. The third-order valence-electron chi connectivity index (χ3n) is 5.95. The molecule has 0 amide bonds. The second kappa shape index (κ2) is 10.0. The van der Waals surface area contributed by atoms with E-state index in [9.17, 15) is 19.6 Å². The number of carboxylic acids is 1. The van der Waals surface area contributed by atoms with Gasteiger partial charge in [-0.15, -0.1) is 0 Å². The number of ether oxygens (including phenoxy) is 1. The summed E-state index contributed by atoms with van der Waals surface area (Å²) in [6, 6.07) is 11.3. The first kappa shape index (κ1) is 25.1. The molecule has 3 heterocycles. The average molecular weight is 528 g/mol. The number of rotatable bonds is 9. The molecular weight excluding hydrogens is 503 g/mol. The molecule has 2 aromatic carbocycles. The number of nitrogens with zero attached hydrogens (tertiary/aromatic N) is 4. The summed E-state index contributed by atoms with van der Waals surface area (Å²) in [6.07, 6.45) is 0.380. The number of aliphatic carboxylic acids is 1. The molecule has 13 nitrogen and oxygen atoms in total. The third kappa shape index (κ3) is 5.13. The largest absolute Gasteiger partial charge is 0.480 e. The fourth-order valence-electron chi connectivity index (χ4n) is 4.11. The Kier molecular flexibility index (Phi) is 6.80. The van der Waals surface area contributed by atoms with Gasteiger partial charge in [-0.3, -0.25) is 13.9 Å². The van der Waals surface area contributed by atoms with E-state index in [1.165, 1.54) is 24.1 Å². The first-order chi connectivity index (χ1) is 17.7. The van der Waals surface area contributed by atoms with Gasteiger partial charge in [0.25, 0.3) is 0 Å². The van der Waals surface area contributed by atoms with Crippen molar-refractivity contribution in [2.75, 3.05) is 12.3 Å². The van der Waals surface area contributed by atoms with Crippen molar-refractivity contribution in [2.24, 2.45) is 0 Å². The van der Waals surface area contributed by atoms with Crippen LogP contribution in [-0.2, 0) is 18.6 Å². The number of fused-ring (bicyclic) bond motifs is 2. The molecule has 0 bridgehead atoms. The smallest absolute Gasteiger partial charge is 0.459 e. The zero-order valence-corrected chi connectivity index (χ0v) is 20.6. The fraction of sp³-hybridized carbons (Fsp3) is 0.304. The van der Waals surface area contributed by atoms with Gasteiger partial charge in [-0.05, 0) is 18.4 Å². The number of anilines is 1. The van der Waals surface area contributed by atoms with Gasteiger partial charge in [0.15, 0.2) is 17.7 Å². The molecule has 5 atom stereocenters. The number of imidazole rings is 1. The van der Waals surface area contributed by atoms with Crippen molar-refractivity contribution in [3.63, 3.8) is 0 Å². The number of hydrogen-bond acceptors (Lipinski definition) is 10. The predicted octanol–water partition coefficient (Wildman–Crippen LogP) is 2.48. The minimum atomic E-state index is -4.20. The zero-order chi connectivity index (χ0) is 26.2. The number of nitrogen functional groups attached to an aromatic ring is 1. The van der Waals surface area contributed by atoms with Crippen LogP contribution >= 0.6 is 7.75 Å². The number of carboxylic acid groups (broad SMARTS) is 1. The van der Waals surface area contributed by atoms with Crippen LogP contribution < -0.4 is 15.3 Å². The molecule has 1 fully saturated rings.